The SMILES string of the molecule is C/C=C(\CCOC1C=CC2=C(C=C1)CCC2)OC(=N)c1ccc(C)c(F)c1.CC(=O)O. The predicted molar refractivity (Wildman–Crippen MR) is 120 cm³/mol. The van der Waals surface area contributed by atoms with Gasteiger partial charge >= 0.3 is 0 Å². The summed E-state index contributed by atoms with van der Waals surface area (Å²) in [5, 5.41) is 15.5. The summed E-state index contributed by atoms with van der Waals surface area (Å²) in [6.45, 7) is 5.12. The number of halogens is 1. The van der Waals surface area contributed by atoms with Gasteiger partial charge in [0.2, 0.25) is 5.90 Å². The first kappa shape index (κ1) is 24.3. The highest BCUT2D eigenvalue weighted by atomic mass is 19.1. The topological polar surface area (TPSA) is 79.6 Å². The number of hydrogen-bond donors (Lipinski definition) is 2. The molecule has 0 aromatic heterocycles. The van der Waals surface area contributed by atoms with Crippen LogP contribution in [0.15, 0.2) is 65.5 Å². The Labute approximate surface area is 183 Å². The van der Waals surface area contributed by atoms with Crippen molar-refractivity contribution in [2.24, 2.45) is 0 Å². The van der Waals surface area contributed by atoms with Crippen molar-refractivity contribution in [1.29, 1.82) is 5.41 Å². The van der Waals surface area contributed by atoms with E-state index in [1.165, 1.54) is 23.6 Å². The van der Waals surface area contributed by atoms with Crippen LogP contribution in [0.25, 0.3) is 0 Å². The van der Waals surface area contributed by atoms with E-state index in [1.54, 1.807) is 19.1 Å². The highest BCUT2D eigenvalue weighted by Gasteiger charge is 2.14. The standard InChI is InChI=1S/C23H26FNO2.C2H4O2/c1-3-20(27-23(25)19-8-7-16(2)22(24)15-19)13-14-26-21-11-9-17-5-4-6-18(17)10-12-21;1-2(3)4/h3,7-12,15,21,25H,4-6,13-14H2,1-2H3;1H3,(H,3,4)/b20-3+,25-23?;. The molecule has 166 valence electrons. The molecule has 0 radical (unpaired) electrons. The van der Waals surface area contributed by atoms with E-state index >= 15 is 0 Å². The second-order valence-electron chi connectivity index (χ2n) is 7.38. The maximum atomic E-state index is 13.7. The quantitative estimate of drug-likeness (QED) is 0.339. The van der Waals surface area contributed by atoms with E-state index in [9.17, 15) is 4.39 Å². The number of aryl methyl sites for hydroxylation is 1. The van der Waals surface area contributed by atoms with Crippen LogP contribution in [0.4, 0.5) is 4.39 Å². The fourth-order valence-corrected chi connectivity index (χ4v) is 3.24. The summed E-state index contributed by atoms with van der Waals surface area (Å²) < 4.78 is 25.2. The smallest absolute Gasteiger partial charge is 0.300 e. The number of rotatable bonds is 6. The Hall–Kier alpha value is -2.99. The first-order valence-corrected chi connectivity index (χ1v) is 10.4. The summed E-state index contributed by atoms with van der Waals surface area (Å²) in [5.74, 6) is -0.585. The number of carbonyl (C=O) groups is 1. The summed E-state index contributed by atoms with van der Waals surface area (Å²) >= 11 is 0. The van der Waals surface area contributed by atoms with Gasteiger partial charge in [0.15, 0.2) is 0 Å². The molecular weight excluding hydrogens is 397 g/mol. The summed E-state index contributed by atoms with van der Waals surface area (Å²) in [6, 6.07) is 4.67. The third-order valence-corrected chi connectivity index (χ3v) is 4.93. The minimum atomic E-state index is -0.833. The van der Waals surface area contributed by atoms with E-state index in [1.807, 2.05) is 13.0 Å². The molecule has 1 aromatic carbocycles. The zero-order valence-corrected chi connectivity index (χ0v) is 18.3. The Morgan fingerprint density at radius 2 is 1.87 bits per heavy atom. The molecule has 0 amide bonds. The first-order chi connectivity index (χ1) is 14.8. The van der Waals surface area contributed by atoms with Crippen LogP contribution in [0.5, 0.6) is 0 Å². The average molecular weight is 428 g/mol. The van der Waals surface area contributed by atoms with Crippen molar-refractivity contribution in [3.05, 3.63) is 82.4 Å². The van der Waals surface area contributed by atoms with Crippen LogP contribution in [0.3, 0.4) is 0 Å². The van der Waals surface area contributed by atoms with Crippen molar-refractivity contribution in [2.75, 3.05) is 6.61 Å². The highest BCUT2D eigenvalue weighted by molar-refractivity contribution is 5.92. The van der Waals surface area contributed by atoms with E-state index in [2.05, 4.69) is 24.3 Å². The van der Waals surface area contributed by atoms with Crippen molar-refractivity contribution in [3.8, 4) is 0 Å². The van der Waals surface area contributed by atoms with Gasteiger partial charge in [0, 0.05) is 18.9 Å². The van der Waals surface area contributed by atoms with Crippen LogP contribution in [0.1, 0.15) is 50.7 Å². The fourth-order valence-electron chi connectivity index (χ4n) is 3.24. The molecule has 0 bridgehead atoms. The molecule has 0 heterocycles. The second kappa shape index (κ2) is 12.0. The molecular formula is C25H30FNO4. The number of nitrogens with one attached hydrogen (secondary N) is 1. The van der Waals surface area contributed by atoms with Crippen molar-refractivity contribution >= 4 is 11.9 Å². The number of benzene rings is 1. The molecule has 5 nitrogen and oxygen atoms in total. The largest absolute Gasteiger partial charge is 0.481 e. The van der Waals surface area contributed by atoms with Gasteiger partial charge in [-0.1, -0.05) is 30.4 Å². The number of ether oxygens (including phenoxy) is 2. The number of carboxylic acid groups (broad SMARTS) is 1. The predicted octanol–water partition coefficient (Wildman–Crippen LogP) is 5.85. The molecule has 31 heavy (non-hydrogen) atoms. The zero-order chi connectivity index (χ0) is 22.8. The molecule has 6 heteroatoms. The maximum Gasteiger partial charge on any atom is 0.300 e. The summed E-state index contributed by atoms with van der Waals surface area (Å²) in [6.07, 6.45) is 14.4. The van der Waals surface area contributed by atoms with Crippen molar-refractivity contribution in [2.45, 2.75) is 52.6 Å². The summed E-state index contributed by atoms with van der Waals surface area (Å²) in [4.78, 5) is 9.00. The number of hydrogen-bond acceptors (Lipinski definition) is 4. The number of allylic oxidation sites excluding steroid dienone is 5. The lowest BCUT2D eigenvalue weighted by Crippen LogP contribution is -2.11. The van der Waals surface area contributed by atoms with Gasteiger partial charge in [-0.2, -0.15) is 0 Å². The second-order valence-corrected chi connectivity index (χ2v) is 7.38. The van der Waals surface area contributed by atoms with E-state index in [0.717, 1.165) is 19.8 Å². The summed E-state index contributed by atoms with van der Waals surface area (Å²) in [7, 11) is 0. The molecule has 2 aliphatic rings. The van der Waals surface area contributed by atoms with Gasteiger partial charge in [-0.15, -0.1) is 0 Å². The van der Waals surface area contributed by atoms with E-state index in [-0.39, 0.29) is 17.8 Å². The number of carboxylic acids is 1. The van der Waals surface area contributed by atoms with Gasteiger partial charge < -0.3 is 14.6 Å². The zero-order valence-electron chi connectivity index (χ0n) is 18.3. The van der Waals surface area contributed by atoms with Crippen LogP contribution < -0.4 is 0 Å². The normalized spacial score (nSPS) is 15.8. The molecule has 2 aliphatic carbocycles. The Morgan fingerprint density at radius 1 is 1.26 bits per heavy atom. The van der Waals surface area contributed by atoms with E-state index < -0.39 is 5.97 Å². The highest BCUT2D eigenvalue weighted by Crippen LogP contribution is 2.30. The molecule has 3 rings (SSSR count). The minimum absolute atomic E-state index is 0.0423. The minimum Gasteiger partial charge on any atom is -0.481 e. The lowest BCUT2D eigenvalue weighted by molar-refractivity contribution is -0.134. The number of aliphatic carboxylic acids is 1. The van der Waals surface area contributed by atoms with Crippen molar-refractivity contribution in [3.63, 3.8) is 0 Å². The van der Waals surface area contributed by atoms with Crippen molar-refractivity contribution < 1.29 is 23.8 Å². The molecule has 0 spiro atoms. The molecule has 0 aliphatic heterocycles. The van der Waals surface area contributed by atoms with Crippen molar-refractivity contribution in [1.82, 2.24) is 0 Å². The fraction of sp³-hybridized carbons (Fsp3) is 0.360. The first-order valence-electron chi connectivity index (χ1n) is 10.4. The third kappa shape index (κ3) is 7.98. The molecule has 2 N–H and O–H groups in total. The van der Waals surface area contributed by atoms with Crippen LogP contribution in [-0.4, -0.2) is 29.7 Å². The molecule has 0 unspecified atom stereocenters. The monoisotopic (exact) mass is 427 g/mol. The lowest BCUT2D eigenvalue weighted by atomic mass is 10.1. The van der Waals surface area contributed by atoms with E-state index in [4.69, 9.17) is 24.8 Å². The van der Waals surface area contributed by atoms with Crippen LogP contribution >= 0.6 is 0 Å². The van der Waals surface area contributed by atoms with Gasteiger partial charge in [-0.3, -0.25) is 10.2 Å². The van der Waals surface area contributed by atoms with Gasteiger partial charge in [0.25, 0.3) is 5.97 Å². The van der Waals surface area contributed by atoms with E-state index in [0.29, 0.717) is 29.9 Å². The van der Waals surface area contributed by atoms with Crippen LogP contribution in [-0.2, 0) is 14.3 Å². The van der Waals surface area contributed by atoms with Gasteiger partial charge in [-0.05, 0) is 68.0 Å². The Morgan fingerprint density at radius 3 is 2.42 bits per heavy atom. The summed E-state index contributed by atoms with van der Waals surface area (Å²) in [5.41, 5.74) is 3.83. The Kier molecular flexibility index (Phi) is 9.40. The Balaban J connectivity index is 0.000000785. The van der Waals surface area contributed by atoms with Gasteiger partial charge in [-0.25, -0.2) is 4.39 Å². The molecule has 0 atom stereocenters. The van der Waals surface area contributed by atoms with Crippen LogP contribution in [0, 0.1) is 18.2 Å². The molecule has 0 saturated heterocycles. The molecule has 0 saturated carbocycles. The molecule has 0 fully saturated rings. The third-order valence-electron chi connectivity index (χ3n) is 4.93. The Bertz CT molecular complexity index is 899. The maximum absolute atomic E-state index is 13.7. The van der Waals surface area contributed by atoms with Gasteiger partial charge in [0.1, 0.15) is 11.6 Å². The lowest BCUT2D eigenvalue weighted by Gasteiger charge is -2.13. The van der Waals surface area contributed by atoms with Gasteiger partial charge in [0.05, 0.1) is 12.7 Å². The van der Waals surface area contributed by atoms with Crippen LogP contribution in [0.2, 0.25) is 0 Å². The average Bonchev–Trinajstić information content (AvgIpc) is 3.09. The molecule has 1 aromatic rings.